The summed E-state index contributed by atoms with van der Waals surface area (Å²) in [7, 11) is 0. The number of benzene rings is 2. The van der Waals surface area contributed by atoms with Crippen LogP contribution in [0.15, 0.2) is 70.0 Å². The van der Waals surface area contributed by atoms with Crippen molar-refractivity contribution in [3.05, 3.63) is 81.9 Å². The number of aromatic nitrogens is 4. The minimum Gasteiger partial charge on any atom is -0.494 e. The molecule has 2 heterocycles. The summed E-state index contributed by atoms with van der Waals surface area (Å²) in [6.07, 6.45) is 0.384. The molecule has 8 heteroatoms. The lowest BCUT2D eigenvalue weighted by atomic mass is 10.1. The normalized spacial score (nSPS) is 10.9. The summed E-state index contributed by atoms with van der Waals surface area (Å²) in [4.78, 5) is 16.6. The van der Waals surface area contributed by atoms with E-state index in [-0.39, 0.29) is 5.56 Å². The Morgan fingerprint density at radius 3 is 2.70 bits per heavy atom. The third kappa shape index (κ3) is 4.58. The van der Waals surface area contributed by atoms with Crippen LogP contribution in [0.2, 0.25) is 5.02 Å². The smallest absolute Gasteiger partial charge is 0.266 e. The molecule has 0 bridgehead atoms. The van der Waals surface area contributed by atoms with Gasteiger partial charge in [0, 0.05) is 28.6 Å². The number of halogens is 1. The first-order valence-electron chi connectivity index (χ1n) is 9.52. The Bertz CT molecular complexity index is 1200. The molecule has 0 amide bonds. The van der Waals surface area contributed by atoms with Crippen molar-refractivity contribution in [2.75, 3.05) is 6.61 Å². The number of rotatable bonds is 7. The highest BCUT2D eigenvalue weighted by atomic mass is 35.5. The van der Waals surface area contributed by atoms with Crippen molar-refractivity contribution < 1.29 is 9.26 Å². The van der Waals surface area contributed by atoms with Gasteiger partial charge in [0.15, 0.2) is 0 Å². The van der Waals surface area contributed by atoms with Gasteiger partial charge >= 0.3 is 0 Å². The fourth-order valence-corrected chi connectivity index (χ4v) is 3.08. The Kier molecular flexibility index (Phi) is 5.90. The van der Waals surface area contributed by atoms with Crippen LogP contribution in [0, 0.1) is 0 Å². The summed E-state index contributed by atoms with van der Waals surface area (Å²) in [6.45, 7) is 2.83. The van der Waals surface area contributed by atoms with Gasteiger partial charge in [0.1, 0.15) is 5.75 Å². The van der Waals surface area contributed by atoms with Crippen LogP contribution >= 0.6 is 11.6 Å². The van der Waals surface area contributed by atoms with Crippen molar-refractivity contribution in [3.63, 3.8) is 0 Å². The molecule has 0 aliphatic carbocycles. The first-order chi connectivity index (χ1) is 14.6. The Morgan fingerprint density at radius 1 is 1.07 bits per heavy atom. The monoisotopic (exact) mass is 422 g/mol. The van der Waals surface area contributed by atoms with E-state index >= 15 is 0 Å². The van der Waals surface area contributed by atoms with Crippen LogP contribution in [0.25, 0.3) is 22.6 Å². The SMILES string of the molecule is CCOc1cccc(-c2noc(CCn3nc(-c4ccc(Cl)cc4)ccc3=O)n2)c1. The van der Waals surface area contributed by atoms with Crippen molar-refractivity contribution in [2.45, 2.75) is 19.9 Å². The van der Waals surface area contributed by atoms with E-state index < -0.39 is 0 Å². The fraction of sp³-hybridized carbons (Fsp3) is 0.182. The number of hydrogen-bond acceptors (Lipinski definition) is 6. The van der Waals surface area contributed by atoms with Gasteiger partial charge in [0.05, 0.1) is 18.8 Å². The molecule has 0 unspecified atom stereocenters. The van der Waals surface area contributed by atoms with E-state index in [1.54, 1.807) is 18.2 Å². The van der Waals surface area contributed by atoms with Crippen LogP contribution in [-0.2, 0) is 13.0 Å². The van der Waals surface area contributed by atoms with E-state index in [2.05, 4.69) is 15.2 Å². The van der Waals surface area contributed by atoms with E-state index in [1.807, 2.05) is 43.3 Å². The summed E-state index contributed by atoms with van der Waals surface area (Å²) in [5.74, 6) is 1.65. The Morgan fingerprint density at radius 2 is 1.90 bits per heavy atom. The van der Waals surface area contributed by atoms with Gasteiger partial charge in [-0.2, -0.15) is 10.1 Å². The standard InChI is InChI=1S/C22H19ClN4O3/c1-2-29-18-5-3-4-16(14-18)22-24-20(30-26-22)12-13-27-21(28)11-10-19(25-27)15-6-8-17(23)9-7-15/h3-11,14H,2,12-13H2,1H3. The molecule has 0 aliphatic heterocycles. The summed E-state index contributed by atoms with van der Waals surface area (Å²) in [6, 6.07) is 18.0. The zero-order valence-corrected chi connectivity index (χ0v) is 17.0. The number of ether oxygens (including phenoxy) is 1. The molecule has 7 nitrogen and oxygen atoms in total. The summed E-state index contributed by atoms with van der Waals surface area (Å²) < 4.78 is 12.2. The lowest BCUT2D eigenvalue weighted by Crippen LogP contribution is -2.23. The highest BCUT2D eigenvalue weighted by Gasteiger charge is 2.11. The minimum atomic E-state index is -0.197. The van der Waals surface area contributed by atoms with Gasteiger partial charge < -0.3 is 9.26 Å². The van der Waals surface area contributed by atoms with Crippen molar-refractivity contribution in [1.82, 2.24) is 19.9 Å². The first-order valence-corrected chi connectivity index (χ1v) is 9.90. The molecule has 0 saturated heterocycles. The maximum atomic E-state index is 12.2. The molecule has 0 fully saturated rings. The van der Waals surface area contributed by atoms with Gasteiger partial charge in [-0.15, -0.1) is 0 Å². The lowest BCUT2D eigenvalue weighted by molar-refractivity contribution is 0.340. The molecule has 4 rings (SSSR count). The first kappa shape index (κ1) is 19.8. The Labute approximate surface area is 177 Å². The molecule has 2 aromatic carbocycles. The largest absolute Gasteiger partial charge is 0.494 e. The summed E-state index contributed by atoms with van der Waals surface area (Å²) >= 11 is 5.94. The van der Waals surface area contributed by atoms with E-state index in [1.165, 1.54) is 10.7 Å². The average Bonchev–Trinajstić information content (AvgIpc) is 3.23. The molecule has 152 valence electrons. The molecule has 0 aliphatic rings. The Balaban J connectivity index is 1.49. The number of nitrogens with zero attached hydrogens (tertiary/aromatic N) is 4. The van der Waals surface area contributed by atoms with E-state index in [0.717, 1.165) is 16.9 Å². The predicted octanol–water partition coefficient (Wildman–Crippen LogP) is 4.26. The summed E-state index contributed by atoms with van der Waals surface area (Å²) in [5, 5.41) is 9.12. The van der Waals surface area contributed by atoms with Crippen LogP contribution in [0.1, 0.15) is 12.8 Å². The van der Waals surface area contributed by atoms with Crippen LogP contribution in [0.5, 0.6) is 5.75 Å². The van der Waals surface area contributed by atoms with Gasteiger partial charge in [0.25, 0.3) is 5.56 Å². The molecule has 0 atom stereocenters. The van der Waals surface area contributed by atoms with E-state index in [0.29, 0.717) is 42.0 Å². The maximum Gasteiger partial charge on any atom is 0.266 e. The Hall–Kier alpha value is -3.45. The summed E-state index contributed by atoms with van der Waals surface area (Å²) in [5.41, 5.74) is 2.17. The molecular weight excluding hydrogens is 404 g/mol. The van der Waals surface area contributed by atoms with Gasteiger partial charge in [0.2, 0.25) is 11.7 Å². The van der Waals surface area contributed by atoms with Gasteiger partial charge in [-0.05, 0) is 37.3 Å². The fourth-order valence-electron chi connectivity index (χ4n) is 2.95. The second-order valence-corrected chi connectivity index (χ2v) is 6.95. The van der Waals surface area contributed by atoms with Crippen LogP contribution in [0.3, 0.4) is 0 Å². The van der Waals surface area contributed by atoms with Crippen LogP contribution in [-0.4, -0.2) is 26.5 Å². The predicted molar refractivity (Wildman–Crippen MR) is 114 cm³/mol. The quantitative estimate of drug-likeness (QED) is 0.442. The third-order valence-corrected chi connectivity index (χ3v) is 4.67. The molecular formula is C22H19ClN4O3. The van der Waals surface area contributed by atoms with E-state index in [4.69, 9.17) is 20.9 Å². The highest BCUT2D eigenvalue weighted by molar-refractivity contribution is 6.30. The zero-order valence-electron chi connectivity index (χ0n) is 16.3. The topological polar surface area (TPSA) is 83.0 Å². The second-order valence-electron chi connectivity index (χ2n) is 6.51. The maximum absolute atomic E-state index is 12.2. The van der Waals surface area contributed by atoms with Crippen molar-refractivity contribution in [1.29, 1.82) is 0 Å². The molecule has 0 N–H and O–H groups in total. The molecule has 4 aromatic rings. The highest BCUT2D eigenvalue weighted by Crippen LogP contribution is 2.22. The van der Waals surface area contributed by atoms with Gasteiger partial charge in [-0.25, -0.2) is 4.68 Å². The van der Waals surface area contributed by atoms with Crippen LogP contribution in [0.4, 0.5) is 0 Å². The van der Waals surface area contributed by atoms with Crippen molar-refractivity contribution in [2.24, 2.45) is 0 Å². The van der Waals surface area contributed by atoms with Crippen molar-refractivity contribution >= 4 is 11.6 Å². The van der Waals surface area contributed by atoms with E-state index in [9.17, 15) is 4.79 Å². The third-order valence-electron chi connectivity index (χ3n) is 4.42. The molecule has 0 saturated carbocycles. The number of hydrogen-bond donors (Lipinski definition) is 0. The zero-order chi connectivity index (χ0) is 20.9. The van der Waals surface area contributed by atoms with Crippen LogP contribution < -0.4 is 10.3 Å². The second kappa shape index (κ2) is 8.92. The molecule has 2 aromatic heterocycles. The molecule has 0 spiro atoms. The van der Waals surface area contributed by atoms with Gasteiger partial charge in [-0.3, -0.25) is 4.79 Å². The lowest BCUT2D eigenvalue weighted by Gasteiger charge is -2.06. The minimum absolute atomic E-state index is 0.197. The van der Waals surface area contributed by atoms with Crippen molar-refractivity contribution in [3.8, 4) is 28.4 Å². The molecule has 30 heavy (non-hydrogen) atoms. The average molecular weight is 423 g/mol. The number of aryl methyl sites for hydroxylation is 2. The molecule has 0 radical (unpaired) electrons. The van der Waals surface area contributed by atoms with Gasteiger partial charge in [-0.1, -0.05) is 41.0 Å².